The molecule has 0 bridgehead atoms. The van der Waals surface area contributed by atoms with Gasteiger partial charge in [0, 0.05) is 25.7 Å². The Kier molecular flexibility index (Phi) is 48.6. The number of phosphoric acid groups is 2. The van der Waals surface area contributed by atoms with Crippen LogP contribution in [0.2, 0.25) is 0 Å². The van der Waals surface area contributed by atoms with E-state index in [1.807, 2.05) is 0 Å². The second-order valence-corrected chi connectivity index (χ2v) is 25.1. The summed E-state index contributed by atoms with van der Waals surface area (Å²) in [5.74, 6) is -0.0846. The molecule has 19 heteroatoms. The molecule has 0 heterocycles. The first-order valence-electron chi connectivity index (χ1n) is 30.4. The molecule has 0 aliphatic carbocycles. The van der Waals surface area contributed by atoms with Crippen molar-refractivity contribution in [3.63, 3.8) is 0 Å². The monoisotopic (exact) mass is 1140 g/mol. The van der Waals surface area contributed by atoms with Gasteiger partial charge >= 0.3 is 39.5 Å². The maximum absolute atomic E-state index is 12.9. The van der Waals surface area contributed by atoms with Crippen molar-refractivity contribution in [2.75, 3.05) is 39.6 Å². The average molecular weight is 1140 g/mol. The zero-order valence-electron chi connectivity index (χ0n) is 49.4. The molecule has 0 aromatic carbocycles. The molecule has 3 unspecified atom stereocenters. The zero-order valence-corrected chi connectivity index (χ0v) is 51.2. The lowest BCUT2D eigenvalue weighted by molar-refractivity contribution is -0.161. The number of hydrogen-bond donors (Lipinski definition) is 3. The molecule has 6 atom stereocenters. The van der Waals surface area contributed by atoms with Gasteiger partial charge < -0.3 is 33.8 Å². The molecule has 0 aromatic heterocycles. The molecule has 0 spiro atoms. The summed E-state index contributed by atoms with van der Waals surface area (Å²) in [6.07, 6.45) is 28.4. The number of rotatable bonds is 56. The Morgan fingerprint density at radius 3 is 0.987 bits per heavy atom. The number of aliphatic hydroxyl groups excluding tert-OH is 1. The van der Waals surface area contributed by atoms with Crippen LogP contribution in [0, 0.1) is 17.8 Å². The highest BCUT2D eigenvalue weighted by atomic mass is 31.2. The molecular weight excluding hydrogens is 1030 g/mol. The zero-order chi connectivity index (χ0) is 57.4. The van der Waals surface area contributed by atoms with Gasteiger partial charge in [-0.05, 0) is 43.4 Å². The highest BCUT2D eigenvalue weighted by Crippen LogP contribution is 2.45. The fraction of sp³-hybridized carbons (Fsp3) is 0.931. The lowest BCUT2D eigenvalue weighted by Gasteiger charge is -2.21. The number of carbonyl (C=O) groups excluding carboxylic acids is 4. The third kappa shape index (κ3) is 51.9. The average Bonchev–Trinajstić information content (AvgIpc) is 3.38. The maximum atomic E-state index is 12.9. The van der Waals surface area contributed by atoms with Crippen LogP contribution < -0.4 is 0 Å². The minimum Gasteiger partial charge on any atom is -0.462 e. The normalized spacial score (nSPS) is 14.9. The maximum Gasteiger partial charge on any atom is 0.472 e. The van der Waals surface area contributed by atoms with Crippen LogP contribution in [0.4, 0.5) is 0 Å². The molecular formula is C58H112O17P2. The van der Waals surface area contributed by atoms with E-state index < -0.39 is 97.5 Å². The van der Waals surface area contributed by atoms with E-state index in [0.717, 1.165) is 102 Å². The number of hydrogen-bond acceptors (Lipinski definition) is 15. The fourth-order valence-electron chi connectivity index (χ4n) is 8.39. The molecule has 0 saturated heterocycles. The van der Waals surface area contributed by atoms with Crippen molar-refractivity contribution in [1.29, 1.82) is 0 Å². The summed E-state index contributed by atoms with van der Waals surface area (Å²) in [5, 5.41) is 10.5. The van der Waals surface area contributed by atoms with Gasteiger partial charge in [0.05, 0.1) is 26.4 Å². The standard InChI is InChI=1S/C58H112O17P2/c1-8-10-11-12-13-14-15-25-32-39-55(60)68-45-53(74-57(62)41-34-27-20-17-23-30-37-50(5)6)47-72-76(64,65)70-43-52(59)44-71-77(66,67)73-48-54(46-69-56(61)40-33-26-19-16-22-29-36-49(3)4)75-58(63)42-35-28-21-18-24-31-38-51(7)9-2/h49-54,59H,8-48H2,1-7H3,(H,64,65)(H,66,67)/t51?,52-,53+,54+/m0/s1. The van der Waals surface area contributed by atoms with E-state index >= 15 is 0 Å². The van der Waals surface area contributed by atoms with Gasteiger partial charge in [0.15, 0.2) is 12.2 Å². The molecule has 0 aliphatic heterocycles. The summed E-state index contributed by atoms with van der Waals surface area (Å²) in [4.78, 5) is 71.8. The van der Waals surface area contributed by atoms with Crippen LogP contribution in [0.3, 0.4) is 0 Å². The summed E-state index contributed by atoms with van der Waals surface area (Å²) >= 11 is 0. The van der Waals surface area contributed by atoms with Crippen LogP contribution in [-0.4, -0.2) is 96.7 Å². The van der Waals surface area contributed by atoms with Gasteiger partial charge in [0.1, 0.15) is 19.3 Å². The smallest absolute Gasteiger partial charge is 0.462 e. The number of aliphatic hydroxyl groups is 1. The van der Waals surface area contributed by atoms with Crippen LogP contribution in [0.15, 0.2) is 0 Å². The Hall–Kier alpha value is -1.94. The van der Waals surface area contributed by atoms with Gasteiger partial charge in [-0.1, -0.05) is 222 Å². The van der Waals surface area contributed by atoms with Crippen LogP contribution in [0.5, 0.6) is 0 Å². The van der Waals surface area contributed by atoms with Crippen molar-refractivity contribution in [3.8, 4) is 0 Å². The highest BCUT2D eigenvalue weighted by Gasteiger charge is 2.30. The van der Waals surface area contributed by atoms with E-state index in [-0.39, 0.29) is 25.7 Å². The lowest BCUT2D eigenvalue weighted by atomic mass is 10.00. The molecule has 0 aliphatic rings. The molecule has 3 N–H and O–H groups in total. The third-order valence-electron chi connectivity index (χ3n) is 13.5. The van der Waals surface area contributed by atoms with Gasteiger partial charge in [-0.3, -0.25) is 37.3 Å². The minimum atomic E-state index is -4.94. The quantitative estimate of drug-likeness (QED) is 0.0222. The van der Waals surface area contributed by atoms with Gasteiger partial charge in [-0.25, -0.2) is 9.13 Å². The molecule has 17 nitrogen and oxygen atoms in total. The Morgan fingerprint density at radius 1 is 0.377 bits per heavy atom. The number of carbonyl (C=O) groups is 4. The molecule has 0 rings (SSSR count). The first-order chi connectivity index (χ1) is 36.8. The largest absolute Gasteiger partial charge is 0.472 e. The van der Waals surface area contributed by atoms with E-state index in [9.17, 15) is 43.2 Å². The van der Waals surface area contributed by atoms with Crippen LogP contribution >= 0.6 is 15.6 Å². The van der Waals surface area contributed by atoms with Crippen molar-refractivity contribution in [1.82, 2.24) is 0 Å². The Bertz CT molecular complexity index is 1550. The SMILES string of the molecule is CCCCCCCCCCCC(=O)OC[C@H](COP(=O)(O)OC[C@H](O)COP(=O)(O)OC[C@@H](COC(=O)CCCCCCCCC(C)C)OC(=O)CCCCCCCCC(C)CC)OC(=O)CCCCCCCCC(C)C. The second kappa shape index (κ2) is 49.8. The van der Waals surface area contributed by atoms with E-state index in [1.54, 1.807) is 0 Å². The van der Waals surface area contributed by atoms with Crippen molar-refractivity contribution in [2.24, 2.45) is 17.8 Å². The Balaban J connectivity index is 5.24. The number of unbranched alkanes of at least 4 members (excludes halogenated alkanes) is 23. The molecule has 0 amide bonds. The van der Waals surface area contributed by atoms with Crippen molar-refractivity contribution < 1.29 is 80.2 Å². The molecule has 456 valence electrons. The summed E-state index contributed by atoms with van der Waals surface area (Å²) in [7, 11) is -9.87. The van der Waals surface area contributed by atoms with Crippen LogP contribution in [-0.2, 0) is 65.4 Å². The lowest BCUT2D eigenvalue weighted by Crippen LogP contribution is -2.30. The first-order valence-corrected chi connectivity index (χ1v) is 33.4. The van der Waals surface area contributed by atoms with Crippen molar-refractivity contribution >= 4 is 39.5 Å². The topological polar surface area (TPSA) is 237 Å². The van der Waals surface area contributed by atoms with Crippen LogP contribution in [0.25, 0.3) is 0 Å². The third-order valence-corrected chi connectivity index (χ3v) is 15.4. The summed E-state index contributed by atoms with van der Waals surface area (Å²) in [5.41, 5.74) is 0. The van der Waals surface area contributed by atoms with Crippen LogP contribution in [0.1, 0.15) is 273 Å². The Labute approximate surface area is 467 Å². The van der Waals surface area contributed by atoms with Gasteiger partial charge in [0.25, 0.3) is 0 Å². The van der Waals surface area contributed by atoms with E-state index in [4.69, 9.17) is 37.0 Å². The van der Waals surface area contributed by atoms with Crippen molar-refractivity contribution in [2.45, 2.75) is 292 Å². The second-order valence-electron chi connectivity index (χ2n) is 22.2. The number of esters is 4. The van der Waals surface area contributed by atoms with Gasteiger partial charge in [-0.15, -0.1) is 0 Å². The Morgan fingerprint density at radius 2 is 0.662 bits per heavy atom. The molecule has 77 heavy (non-hydrogen) atoms. The molecule has 0 fully saturated rings. The fourth-order valence-corrected chi connectivity index (χ4v) is 9.97. The number of phosphoric ester groups is 2. The predicted molar refractivity (Wildman–Crippen MR) is 303 cm³/mol. The molecule has 0 radical (unpaired) electrons. The van der Waals surface area contributed by atoms with E-state index in [0.29, 0.717) is 37.5 Å². The highest BCUT2D eigenvalue weighted by molar-refractivity contribution is 7.47. The van der Waals surface area contributed by atoms with Gasteiger partial charge in [0.2, 0.25) is 0 Å². The van der Waals surface area contributed by atoms with E-state index in [2.05, 4.69) is 48.5 Å². The van der Waals surface area contributed by atoms with Crippen molar-refractivity contribution in [3.05, 3.63) is 0 Å². The minimum absolute atomic E-state index is 0.101. The summed E-state index contributed by atoms with van der Waals surface area (Å²) < 4.78 is 67.6. The molecule has 0 aromatic rings. The first kappa shape index (κ1) is 75.1. The molecule has 0 saturated carbocycles. The predicted octanol–water partition coefficient (Wildman–Crippen LogP) is 15.2. The number of ether oxygens (including phenoxy) is 4. The van der Waals surface area contributed by atoms with E-state index in [1.165, 1.54) is 77.0 Å². The van der Waals surface area contributed by atoms with Gasteiger partial charge in [-0.2, -0.15) is 0 Å². The summed E-state index contributed by atoms with van der Waals surface area (Å²) in [6, 6.07) is 0. The summed E-state index contributed by atoms with van der Waals surface area (Å²) in [6.45, 7) is 11.5.